The van der Waals surface area contributed by atoms with Crippen molar-refractivity contribution in [1.82, 2.24) is 29.6 Å². The van der Waals surface area contributed by atoms with E-state index in [1.54, 1.807) is 18.6 Å². The maximum absolute atomic E-state index is 13.2. The fourth-order valence-corrected chi connectivity index (χ4v) is 3.61. The molecule has 1 aliphatic carbocycles. The van der Waals surface area contributed by atoms with Gasteiger partial charge in [0.15, 0.2) is 5.82 Å². The van der Waals surface area contributed by atoms with E-state index in [0.29, 0.717) is 17.4 Å². The highest BCUT2D eigenvalue weighted by atomic mass is 16.2. The molecule has 1 unspecified atom stereocenters. The zero-order valence-electron chi connectivity index (χ0n) is 14.6. The predicted molar refractivity (Wildman–Crippen MR) is 92.6 cm³/mol. The number of carbonyl (C=O) groups excluding carboxylic acids is 1. The Hall–Kier alpha value is -2.31. The summed E-state index contributed by atoms with van der Waals surface area (Å²) >= 11 is 0. The molecule has 0 aromatic carbocycles. The van der Waals surface area contributed by atoms with Gasteiger partial charge < -0.3 is 9.47 Å². The smallest absolute Gasteiger partial charge is 0.233 e. The van der Waals surface area contributed by atoms with Gasteiger partial charge in [-0.15, -0.1) is 10.2 Å². The molecule has 7 nitrogen and oxygen atoms in total. The van der Waals surface area contributed by atoms with Gasteiger partial charge in [-0.05, 0) is 38.0 Å². The molecule has 1 saturated carbocycles. The van der Waals surface area contributed by atoms with Crippen molar-refractivity contribution < 1.29 is 4.79 Å². The van der Waals surface area contributed by atoms with Gasteiger partial charge in [-0.25, -0.2) is 4.98 Å². The van der Waals surface area contributed by atoms with Crippen LogP contribution in [0.1, 0.15) is 50.8 Å². The van der Waals surface area contributed by atoms with E-state index >= 15 is 0 Å². The molecule has 1 aliphatic heterocycles. The summed E-state index contributed by atoms with van der Waals surface area (Å²) in [7, 11) is 0. The van der Waals surface area contributed by atoms with E-state index in [2.05, 4.69) is 36.6 Å². The second kappa shape index (κ2) is 6.90. The Morgan fingerprint density at radius 2 is 2.16 bits per heavy atom. The first-order valence-electron chi connectivity index (χ1n) is 9.26. The van der Waals surface area contributed by atoms with E-state index in [1.807, 2.05) is 0 Å². The second-order valence-corrected chi connectivity index (χ2v) is 7.05. The number of aromatic nitrogens is 5. The molecule has 2 aliphatic rings. The standard InChI is InChI=1S/C18H24N6O/c1-2-9-23(12-13-5-6-13)18(25)14-4-3-10-24-16(14)21-22-17(24)15-11-19-7-8-20-15/h7-8,11,13-14H,2-6,9-10,12H2,1H3. The maximum atomic E-state index is 13.2. The molecule has 25 heavy (non-hydrogen) atoms. The molecule has 7 heteroatoms. The van der Waals surface area contributed by atoms with Crippen LogP contribution in [0.15, 0.2) is 18.6 Å². The van der Waals surface area contributed by atoms with E-state index < -0.39 is 0 Å². The monoisotopic (exact) mass is 340 g/mol. The van der Waals surface area contributed by atoms with Gasteiger partial charge in [-0.2, -0.15) is 0 Å². The molecule has 1 amide bonds. The van der Waals surface area contributed by atoms with Crippen molar-refractivity contribution >= 4 is 5.91 Å². The Labute approximate surface area is 147 Å². The lowest BCUT2D eigenvalue weighted by Gasteiger charge is -2.29. The largest absolute Gasteiger partial charge is 0.342 e. The minimum Gasteiger partial charge on any atom is -0.342 e. The van der Waals surface area contributed by atoms with Gasteiger partial charge in [0.2, 0.25) is 5.91 Å². The number of fused-ring (bicyclic) bond motifs is 1. The molecular formula is C18H24N6O. The fraction of sp³-hybridized carbons (Fsp3) is 0.611. The summed E-state index contributed by atoms with van der Waals surface area (Å²) in [5, 5.41) is 8.69. The van der Waals surface area contributed by atoms with Gasteiger partial charge in [0, 0.05) is 32.0 Å². The van der Waals surface area contributed by atoms with Crippen LogP contribution in [-0.2, 0) is 11.3 Å². The molecule has 1 atom stereocenters. The zero-order chi connectivity index (χ0) is 17.2. The molecule has 2 aromatic rings. The van der Waals surface area contributed by atoms with Crippen LogP contribution in [0.4, 0.5) is 0 Å². The second-order valence-electron chi connectivity index (χ2n) is 7.05. The highest BCUT2D eigenvalue weighted by Crippen LogP contribution is 2.34. The fourth-order valence-electron chi connectivity index (χ4n) is 3.61. The van der Waals surface area contributed by atoms with Crippen LogP contribution in [0.5, 0.6) is 0 Å². The highest BCUT2D eigenvalue weighted by molar-refractivity contribution is 5.83. The molecule has 2 aromatic heterocycles. The summed E-state index contributed by atoms with van der Waals surface area (Å²) in [5.74, 6) is 2.23. The summed E-state index contributed by atoms with van der Waals surface area (Å²) in [4.78, 5) is 23.7. The van der Waals surface area contributed by atoms with Crippen LogP contribution in [0, 0.1) is 5.92 Å². The Kier molecular flexibility index (Phi) is 4.46. The SMILES string of the molecule is CCCN(CC1CC1)C(=O)C1CCCn2c(-c3cnccn3)nnc21. The maximum Gasteiger partial charge on any atom is 0.233 e. The number of hydrogen-bond acceptors (Lipinski definition) is 5. The number of rotatable bonds is 6. The lowest BCUT2D eigenvalue weighted by Crippen LogP contribution is -2.39. The van der Waals surface area contributed by atoms with Gasteiger partial charge >= 0.3 is 0 Å². The molecule has 4 rings (SSSR count). The van der Waals surface area contributed by atoms with Gasteiger partial charge in [0.05, 0.1) is 12.1 Å². The number of nitrogens with zero attached hydrogens (tertiary/aromatic N) is 6. The van der Waals surface area contributed by atoms with Crippen LogP contribution >= 0.6 is 0 Å². The molecule has 3 heterocycles. The van der Waals surface area contributed by atoms with Gasteiger partial charge in [-0.1, -0.05) is 6.92 Å². The number of hydrogen-bond donors (Lipinski definition) is 0. The number of carbonyl (C=O) groups is 1. The molecule has 0 N–H and O–H groups in total. The Balaban J connectivity index is 1.61. The van der Waals surface area contributed by atoms with Crippen LogP contribution in [0.25, 0.3) is 11.5 Å². The third-order valence-corrected chi connectivity index (χ3v) is 5.04. The van der Waals surface area contributed by atoms with E-state index in [9.17, 15) is 4.79 Å². The predicted octanol–water partition coefficient (Wildman–Crippen LogP) is 2.26. The van der Waals surface area contributed by atoms with Crippen molar-refractivity contribution in [3.8, 4) is 11.5 Å². The summed E-state index contributed by atoms with van der Waals surface area (Å²) in [6.45, 7) is 4.68. The van der Waals surface area contributed by atoms with Crippen molar-refractivity contribution in [2.45, 2.75) is 51.5 Å². The van der Waals surface area contributed by atoms with Gasteiger partial charge in [0.25, 0.3) is 0 Å². The van der Waals surface area contributed by atoms with Crippen LogP contribution in [0.3, 0.4) is 0 Å². The van der Waals surface area contributed by atoms with Crippen LogP contribution in [0.2, 0.25) is 0 Å². The molecular weight excluding hydrogens is 316 g/mol. The summed E-state index contributed by atoms with van der Waals surface area (Å²) in [5.41, 5.74) is 0.706. The highest BCUT2D eigenvalue weighted by Gasteiger charge is 2.35. The van der Waals surface area contributed by atoms with Crippen molar-refractivity contribution in [2.75, 3.05) is 13.1 Å². The summed E-state index contributed by atoms with van der Waals surface area (Å²) < 4.78 is 2.05. The Morgan fingerprint density at radius 1 is 1.28 bits per heavy atom. The topological polar surface area (TPSA) is 76.8 Å². The summed E-state index contributed by atoms with van der Waals surface area (Å²) in [6.07, 6.45) is 10.3. The first-order valence-corrected chi connectivity index (χ1v) is 9.26. The van der Waals surface area contributed by atoms with E-state index in [-0.39, 0.29) is 11.8 Å². The third-order valence-electron chi connectivity index (χ3n) is 5.04. The quantitative estimate of drug-likeness (QED) is 0.806. The minimum atomic E-state index is -0.183. The molecule has 1 fully saturated rings. The Bertz CT molecular complexity index is 739. The van der Waals surface area contributed by atoms with E-state index in [1.165, 1.54) is 12.8 Å². The van der Waals surface area contributed by atoms with Gasteiger partial charge in [-0.3, -0.25) is 9.78 Å². The van der Waals surface area contributed by atoms with Crippen molar-refractivity contribution in [3.63, 3.8) is 0 Å². The zero-order valence-corrected chi connectivity index (χ0v) is 14.6. The van der Waals surface area contributed by atoms with Crippen LogP contribution in [-0.4, -0.2) is 48.6 Å². The lowest BCUT2D eigenvalue weighted by atomic mass is 9.96. The summed E-state index contributed by atoms with van der Waals surface area (Å²) in [6, 6.07) is 0. The van der Waals surface area contributed by atoms with Crippen molar-refractivity contribution in [1.29, 1.82) is 0 Å². The van der Waals surface area contributed by atoms with Crippen LogP contribution < -0.4 is 0 Å². The van der Waals surface area contributed by atoms with E-state index in [4.69, 9.17) is 0 Å². The normalized spacial score (nSPS) is 19.5. The average Bonchev–Trinajstić information content (AvgIpc) is 3.36. The lowest BCUT2D eigenvalue weighted by molar-refractivity contribution is -0.133. The molecule has 0 radical (unpaired) electrons. The van der Waals surface area contributed by atoms with Gasteiger partial charge in [0.1, 0.15) is 11.5 Å². The first-order chi connectivity index (χ1) is 12.3. The third kappa shape index (κ3) is 3.27. The first kappa shape index (κ1) is 16.2. The van der Waals surface area contributed by atoms with Crippen molar-refractivity contribution in [3.05, 3.63) is 24.4 Å². The minimum absolute atomic E-state index is 0.183. The molecule has 132 valence electrons. The average molecular weight is 340 g/mol. The van der Waals surface area contributed by atoms with Crippen molar-refractivity contribution in [2.24, 2.45) is 5.92 Å². The number of amides is 1. The molecule has 0 spiro atoms. The molecule has 0 saturated heterocycles. The van der Waals surface area contributed by atoms with E-state index in [0.717, 1.165) is 44.7 Å². The molecule has 0 bridgehead atoms. The Morgan fingerprint density at radius 3 is 2.88 bits per heavy atom.